The summed E-state index contributed by atoms with van der Waals surface area (Å²) in [5.74, 6) is -0.0922. The molecule has 0 spiro atoms. The summed E-state index contributed by atoms with van der Waals surface area (Å²) in [5, 5.41) is 0.419. The normalized spacial score (nSPS) is 21.9. The molecule has 2 amide bonds. The van der Waals surface area contributed by atoms with E-state index >= 15 is 0 Å². The first-order chi connectivity index (χ1) is 11.1. The van der Waals surface area contributed by atoms with Crippen LogP contribution in [-0.2, 0) is 16.1 Å². The lowest BCUT2D eigenvalue weighted by atomic mass is 10.1. The minimum Gasteiger partial charge on any atom is -0.341 e. The summed E-state index contributed by atoms with van der Waals surface area (Å²) in [6, 6.07) is 4.02. The predicted molar refractivity (Wildman–Crippen MR) is 87.8 cm³/mol. The molecule has 1 saturated heterocycles. The van der Waals surface area contributed by atoms with Crippen LogP contribution in [0.15, 0.2) is 18.3 Å². The summed E-state index contributed by atoms with van der Waals surface area (Å²) in [6.07, 6.45) is 6.49. The number of carbonyl (C=O) groups excluding carboxylic acids is 2. The van der Waals surface area contributed by atoms with Crippen molar-refractivity contribution in [2.24, 2.45) is 5.92 Å². The second kappa shape index (κ2) is 6.87. The lowest BCUT2D eigenvalue weighted by Gasteiger charge is -2.25. The molecule has 0 bridgehead atoms. The van der Waals surface area contributed by atoms with Crippen LogP contribution in [0, 0.1) is 5.92 Å². The monoisotopic (exact) mass is 335 g/mol. The third-order valence-electron chi connectivity index (χ3n) is 4.89. The molecule has 3 rings (SSSR count). The summed E-state index contributed by atoms with van der Waals surface area (Å²) >= 11 is 6.05. The maximum Gasteiger partial charge on any atom is 0.228 e. The zero-order valence-electron chi connectivity index (χ0n) is 13.4. The number of halogens is 1. The first kappa shape index (κ1) is 16.2. The van der Waals surface area contributed by atoms with Crippen molar-refractivity contribution in [2.45, 2.75) is 44.7 Å². The average Bonchev–Trinajstić information content (AvgIpc) is 3.18. The molecule has 2 heterocycles. The van der Waals surface area contributed by atoms with Crippen LogP contribution in [0.4, 0.5) is 0 Å². The van der Waals surface area contributed by atoms with Gasteiger partial charge < -0.3 is 9.80 Å². The Labute approximate surface area is 141 Å². The highest BCUT2D eigenvalue weighted by Crippen LogP contribution is 2.30. The number of carbonyl (C=O) groups is 2. The molecule has 1 saturated carbocycles. The maximum atomic E-state index is 12.7. The quantitative estimate of drug-likeness (QED) is 0.794. The van der Waals surface area contributed by atoms with Crippen LogP contribution in [-0.4, -0.2) is 46.2 Å². The van der Waals surface area contributed by atoms with Crippen molar-refractivity contribution < 1.29 is 9.59 Å². The van der Waals surface area contributed by atoms with Gasteiger partial charge in [-0.1, -0.05) is 30.5 Å². The Balaban J connectivity index is 1.61. The van der Waals surface area contributed by atoms with Gasteiger partial charge in [-0.05, 0) is 18.9 Å². The van der Waals surface area contributed by atoms with Gasteiger partial charge in [0.05, 0.1) is 5.92 Å². The third-order valence-corrected chi connectivity index (χ3v) is 5.23. The first-order valence-electron chi connectivity index (χ1n) is 8.20. The second-order valence-electron chi connectivity index (χ2n) is 6.53. The van der Waals surface area contributed by atoms with Crippen molar-refractivity contribution in [3.8, 4) is 0 Å². The number of likely N-dealkylation sites (tertiary alicyclic amines) is 1. The number of aromatic nitrogens is 1. The van der Waals surface area contributed by atoms with Crippen LogP contribution in [0.25, 0.3) is 0 Å². The highest BCUT2D eigenvalue weighted by molar-refractivity contribution is 6.30. The summed E-state index contributed by atoms with van der Waals surface area (Å²) in [4.78, 5) is 32.5. The van der Waals surface area contributed by atoms with E-state index in [-0.39, 0.29) is 17.7 Å². The second-order valence-corrected chi connectivity index (χ2v) is 6.89. The van der Waals surface area contributed by atoms with Crippen LogP contribution in [0.2, 0.25) is 5.15 Å². The van der Waals surface area contributed by atoms with Crippen molar-refractivity contribution in [2.75, 3.05) is 13.6 Å². The molecule has 23 heavy (non-hydrogen) atoms. The summed E-state index contributed by atoms with van der Waals surface area (Å²) in [6.45, 7) is 0.979. The van der Waals surface area contributed by atoms with E-state index in [4.69, 9.17) is 11.6 Å². The fourth-order valence-corrected chi connectivity index (χ4v) is 3.83. The van der Waals surface area contributed by atoms with Crippen molar-refractivity contribution in [3.05, 3.63) is 29.0 Å². The van der Waals surface area contributed by atoms with Gasteiger partial charge in [0.2, 0.25) is 11.8 Å². The van der Waals surface area contributed by atoms with Gasteiger partial charge in [-0.25, -0.2) is 4.98 Å². The molecule has 0 aromatic carbocycles. The summed E-state index contributed by atoms with van der Waals surface area (Å²) in [5.41, 5.74) is 0.821. The van der Waals surface area contributed by atoms with Gasteiger partial charge in [-0.15, -0.1) is 0 Å². The fraction of sp³-hybridized carbons (Fsp3) is 0.588. The largest absolute Gasteiger partial charge is 0.341 e. The zero-order chi connectivity index (χ0) is 16.4. The molecular formula is C17H22ClN3O2. The Morgan fingerprint density at radius 2 is 2.17 bits per heavy atom. The lowest BCUT2D eigenvalue weighted by molar-refractivity contribution is -0.135. The van der Waals surface area contributed by atoms with E-state index in [2.05, 4.69) is 4.98 Å². The molecule has 1 aliphatic heterocycles. The predicted octanol–water partition coefficient (Wildman–Crippen LogP) is 2.48. The molecule has 1 aliphatic carbocycles. The minimum absolute atomic E-state index is 0.0127. The Morgan fingerprint density at radius 1 is 1.43 bits per heavy atom. The molecule has 2 aliphatic rings. The summed E-state index contributed by atoms with van der Waals surface area (Å²) in [7, 11) is 1.76. The van der Waals surface area contributed by atoms with Gasteiger partial charge >= 0.3 is 0 Å². The van der Waals surface area contributed by atoms with E-state index in [9.17, 15) is 9.59 Å². The molecule has 6 heteroatoms. The number of pyridine rings is 1. The average molecular weight is 336 g/mol. The van der Waals surface area contributed by atoms with E-state index in [0.29, 0.717) is 30.7 Å². The molecule has 2 fully saturated rings. The Kier molecular flexibility index (Phi) is 4.85. The minimum atomic E-state index is -0.233. The number of hydrogen-bond donors (Lipinski definition) is 0. The molecule has 1 atom stereocenters. The van der Waals surface area contributed by atoms with E-state index in [1.807, 2.05) is 11.0 Å². The number of amides is 2. The van der Waals surface area contributed by atoms with E-state index in [0.717, 1.165) is 18.4 Å². The first-order valence-corrected chi connectivity index (χ1v) is 8.58. The SMILES string of the molecule is CN(Cc1cccnc1Cl)C(=O)[C@@H]1CC(=O)N(C2CCCC2)C1. The van der Waals surface area contributed by atoms with E-state index in [1.165, 1.54) is 12.8 Å². The van der Waals surface area contributed by atoms with E-state index < -0.39 is 0 Å². The van der Waals surface area contributed by atoms with Crippen LogP contribution in [0.5, 0.6) is 0 Å². The number of rotatable bonds is 4. The Bertz CT molecular complexity index is 601. The molecular weight excluding hydrogens is 314 g/mol. The zero-order valence-corrected chi connectivity index (χ0v) is 14.1. The van der Waals surface area contributed by atoms with Crippen LogP contribution >= 0.6 is 11.6 Å². The standard InChI is InChI=1S/C17H22ClN3O2/c1-20(10-12-5-4-8-19-16(12)18)17(23)13-9-15(22)21(11-13)14-6-2-3-7-14/h4-5,8,13-14H,2-3,6-7,9-11H2,1H3/t13-/m1/s1. The molecule has 1 aromatic rings. The van der Waals surface area contributed by atoms with Crippen molar-refractivity contribution in [1.82, 2.24) is 14.8 Å². The van der Waals surface area contributed by atoms with Gasteiger partial charge in [0.15, 0.2) is 0 Å². The van der Waals surface area contributed by atoms with Gasteiger partial charge in [-0.3, -0.25) is 9.59 Å². The highest BCUT2D eigenvalue weighted by atomic mass is 35.5. The van der Waals surface area contributed by atoms with E-state index in [1.54, 1.807) is 24.2 Å². The molecule has 0 unspecified atom stereocenters. The van der Waals surface area contributed by atoms with Crippen molar-refractivity contribution >= 4 is 23.4 Å². The van der Waals surface area contributed by atoms with Gasteiger partial charge in [0.25, 0.3) is 0 Å². The lowest BCUT2D eigenvalue weighted by Crippen LogP contribution is -2.37. The molecule has 124 valence electrons. The Hall–Kier alpha value is -1.62. The van der Waals surface area contributed by atoms with Crippen LogP contribution in [0.3, 0.4) is 0 Å². The maximum absolute atomic E-state index is 12.7. The fourth-order valence-electron chi connectivity index (χ4n) is 3.65. The van der Waals surface area contributed by atoms with Crippen LogP contribution in [0.1, 0.15) is 37.7 Å². The van der Waals surface area contributed by atoms with Crippen molar-refractivity contribution in [1.29, 1.82) is 0 Å². The van der Waals surface area contributed by atoms with Gasteiger partial charge in [-0.2, -0.15) is 0 Å². The number of nitrogens with zero attached hydrogens (tertiary/aromatic N) is 3. The molecule has 0 radical (unpaired) electrons. The third kappa shape index (κ3) is 3.50. The molecule has 0 N–H and O–H groups in total. The van der Waals surface area contributed by atoms with Gasteiger partial charge in [0.1, 0.15) is 5.15 Å². The Morgan fingerprint density at radius 3 is 2.87 bits per heavy atom. The van der Waals surface area contributed by atoms with Crippen LogP contribution < -0.4 is 0 Å². The van der Waals surface area contributed by atoms with Crippen molar-refractivity contribution in [3.63, 3.8) is 0 Å². The van der Waals surface area contributed by atoms with Gasteiger partial charge in [0, 0.05) is 44.4 Å². The number of hydrogen-bond acceptors (Lipinski definition) is 3. The summed E-state index contributed by atoms with van der Waals surface area (Å²) < 4.78 is 0. The topological polar surface area (TPSA) is 53.5 Å². The smallest absolute Gasteiger partial charge is 0.228 e. The molecule has 1 aromatic heterocycles. The molecule has 5 nitrogen and oxygen atoms in total. The highest BCUT2D eigenvalue weighted by Gasteiger charge is 2.39.